The van der Waals surface area contributed by atoms with E-state index in [4.69, 9.17) is 0 Å². The molecule has 5 aromatic rings. The molecule has 0 aliphatic heterocycles. The lowest BCUT2D eigenvalue weighted by Gasteiger charge is -2.29. The fourth-order valence-corrected chi connectivity index (χ4v) is 9.33. The highest BCUT2D eigenvalue weighted by Gasteiger charge is 2.17. The zero-order valence-electron chi connectivity index (χ0n) is 41.2. The minimum Gasteiger partial charge on any atom is -0.311 e. The molecule has 2 nitrogen and oxygen atoms in total. The highest BCUT2D eigenvalue weighted by molar-refractivity contribution is 5.81. The number of hydrogen-bond donors (Lipinski definition) is 0. The molecule has 0 aromatic heterocycles. The number of unbranched alkanes of at least 4 members (excludes halogenated alkanes) is 20. The van der Waals surface area contributed by atoms with Gasteiger partial charge in [0, 0.05) is 34.1 Å². The maximum Gasteiger partial charge on any atom is 0.0463 e. The van der Waals surface area contributed by atoms with Gasteiger partial charge in [0.25, 0.3) is 0 Å². The van der Waals surface area contributed by atoms with Crippen molar-refractivity contribution in [1.82, 2.24) is 0 Å². The summed E-state index contributed by atoms with van der Waals surface area (Å²) in [6.45, 7) is 9.19. The van der Waals surface area contributed by atoms with Crippen LogP contribution in [0.4, 0.5) is 34.1 Å². The quantitative estimate of drug-likeness (QED) is 0.0380. The minimum atomic E-state index is 1.16. The van der Waals surface area contributed by atoms with E-state index in [1.165, 1.54) is 210 Å². The Morgan fingerprint density at radius 1 is 0.203 bits per heavy atom. The Bertz CT molecular complexity index is 1630. The molecule has 346 valence electrons. The lowest BCUT2D eigenvalue weighted by atomic mass is 10.0. The first-order valence-corrected chi connectivity index (χ1v) is 26.7. The van der Waals surface area contributed by atoms with Crippen LogP contribution in [0.2, 0.25) is 0 Å². The topological polar surface area (TPSA) is 6.48 Å². The molecule has 0 saturated heterocycles. The first kappa shape index (κ1) is 50.7. The first-order valence-electron chi connectivity index (χ1n) is 26.7. The van der Waals surface area contributed by atoms with Gasteiger partial charge in [-0.15, -0.1) is 0 Å². The monoisotopic (exact) mass is 861 g/mol. The van der Waals surface area contributed by atoms with Crippen LogP contribution < -0.4 is 9.80 Å². The Balaban J connectivity index is 1.38. The molecule has 0 radical (unpaired) electrons. The summed E-state index contributed by atoms with van der Waals surface area (Å²) in [5.74, 6) is 0. The highest BCUT2D eigenvalue weighted by Crippen LogP contribution is 2.39. The van der Waals surface area contributed by atoms with E-state index in [0.717, 1.165) is 25.7 Å². The van der Waals surface area contributed by atoms with Gasteiger partial charge in [0.2, 0.25) is 0 Å². The molecular formula is C62H88N2. The summed E-state index contributed by atoms with van der Waals surface area (Å²) in [6, 6.07) is 47.0. The van der Waals surface area contributed by atoms with Gasteiger partial charge in [0.1, 0.15) is 0 Å². The van der Waals surface area contributed by atoms with Gasteiger partial charge in [-0.2, -0.15) is 0 Å². The van der Waals surface area contributed by atoms with Crippen LogP contribution in [0, 0.1) is 0 Å². The van der Waals surface area contributed by atoms with Crippen LogP contribution >= 0.6 is 0 Å². The molecule has 0 amide bonds. The molecule has 5 aromatic carbocycles. The van der Waals surface area contributed by atoms with Crippen LogP contribution in [0.1, 0.15) is 204 Å². The standard InChI is InChI=1S/C62H88N2/c1-5-9-13-17-21-25-29-53-33-41-57(42-34-53)63(58-43-35-54(36-44-58)30-26-22-18-14-10-6-2)61-49-51-62(52-50-61)64(59-45-37-55(38-46-59)31-27-23-19-15-11-7-3)60-47-39-56(40-48-60)32-28-24-20-16-12-8-4/h33-52H,5-32H2,1-4H3. The van der Waals surface area contributed by atoms with Crippen molar-refractivity contribution >= 4 is 34.1 Å². The molecule has 0 N–H and O–H groups in total. The molecule has 64 heavy (non-hydrogen) atoms. The summed E-state index contributed by atoms with van der Waals surface area (Å²) in [5, 5.41) is 0. The Morgan fingerprint density at radius 3 is 0.547 bits per heavy atom. The second-order valence-electron chi connectivity index (χ2n) is 18.9. The Labute approximate surface area is 393 Å². The normalized spacial score (nSPS) is 11.3. The molecule has 0 unspecified atom stereocenters. The smallest absolute Gasteiger partial charge is 0.0463 e. The third-order valence-corrected chi connectivity index (χ3v) is 13.4. The summed E-state index contributed by atoms with van der Waals surface area (Å²) in [4.78, 5) is 4.90. The van der Waals surface area contributed by atoms with Gasteiger partial charge in [-0.1, -0.05) is 205 Å². The summed E-state index contributed by atoms with van der Waals surface area (Å²) in [6.07, 6.45) is 36.6. The van der Waals surface area contributed by atoms with E-state index in [2.05, 4.69) is 159 Å². The van der Waals surface area contributed by atoms with Crippen molar-refractivity contribution in [1.29, 1.82) is 0 Å². The minimum absolute atomic E-state index is 1.16. The van der Waals surface area contributed by atoms with Crippen LogP contribution in [-0.2, 0) is 25.7 Å². The zero-order valence-corrected chi connectivity index (χ0v) is 41.2. The highest BCUT2D eigenvalue weighted by atomic mass is 15.2. The molecule has 0 aliphatic carbocycles. The summed E-state index contributed by atoms with van der Waals surface area (Å²) < 4.78 is 0. The van der Waals surface area contributed by atoms with Gasteiger partial charge in [-0.3, -0.25) is 0 Å². The van der Waals surface area contributed by atoms with Crippen LogP contribution in [-0.4, -0.2) is 0 Å². The molecule has 2 heteroatoms. The van der Waals surface area contributed by atoms with E-state index in [1.54, 1.807) is 0 Å². The van der Waals surface area contributed by atoms with Crippen molar-refractivity contribution in [2.45, 2.75) is 207 Å². The van der Waals surface area contributed by atoms with Crippen molar-refractivity contribution in [2.24, 2.45) is 0 Å². The molecule has 0 spiro atoms. The number of hydrogen-bond acceptors (Lipinski definition) is 2. The average Bonchev–Trinajstić information content (AvgIpc) is 3.33. The van der Waals surface area contributed by atoms with E-state index >= 15 is 0 Å². The van der Waals surface area contributed by atoms with Crippen molar-refractivity contribution in [3.63, 3.8) is 0 Å². The Kier molecular flexibility index (Phi) is 24.4. The van der Waals surface area contributed by atoms with Crippen molar-refractivity contribution < 1.29 is 0 Å². The van der Waals surface area contributed by atoms with Gasteiger partial charge >= 0.3 is 0 Å². The van der Waals surface area contributed by atoms with Gasteiger partial charge in [-0.05, 0) is 146 Å². The van der Waals surface area contributed by atoms with Gasteiger partial charge in [0.05, 0.1) is 0 Å². The maximum absolute atomic E-state index is 2.45. The fraction of sp³-hybridized carbons (Fsp3) is 0.516. The lowest BCUT2D eigenvalue weighted by Crippen LogP contribution is -2.12. The largest absolute Gasteiger partial charge is 0.311 e. The summed E-state index contributed by atoms with van der Waals surface area (Å²) in [5.41, 5.74) is 13.0. The molecule has 0 fully saturated rings. The SMILES string of the molecule is CCCCCCCCc1ccc(N(c2ccc(CCCCCCCC)cc2)c2ccc(N(c3ccc(CCCCCCCC)cc3)c3ccc(CCCCCCCC)cc3)cc2)cc1. The van der Waals surface area contributed by atoms with Crippen LogP contribution in [0.5, 0.6) is 0 Å². The van der Waals surface area contributed by atoms with Gasteiger partial charge in [0.15, 0.2) is 0 Å². The molecule has 0 aliphatic rings. The third-order valence-electron chi connectivity index (χ3n) is 13.4. The van der Waals surface area contributed by atoms with Crippen molar-refractivity contribution in [3.05, 3.63) is 144 Å². The molecule has 5 rings (SSSR count). The van der Waals surface area contributed by atoms with Gasteiger partial charge in [-0.25, -0.2) is 0 Å². The number of benzene rings is 5. The number of anilines is 6. The predicted octanol–water partition coefficient (Wildman–Crippen LogP) is 20.2. The van der Waals surface area contributed by atoms with E-state index in [0.29, 0.717) is 0 Å². The second-order valence-corrected chi connectivity index (χ2v) is 18.9. The van der Waals surface area contributed by atoms with Crippen LogP contribution in [0.15, 0.2) is 121 Å². The lowest BCUT2D eigenvalue weighted by molar-refractivity contribution is 0.607. The summed E-state index contributed by atoms with van der Waals surface area (Å²) >= 11 is 0. The van der Waals surface area contributed by atoms with E-state index in [9.17, 15) is 0 Å². The summed E-state index contributed by atoms with van der Waals surface area (Å²) in [7, 11) is 0. The van der Waals surface area contributed by atoms with Crippen molar-refractivity contribution in [3.8, 4) is 0 Å². The third kappa shape index (κ3) is 17.9. The molecule has 0 atom stereocenters. The average molecular weight is 861 g/mol. The van der Waals surface area contributed by atoms with E-state index in [-0.39, 0.29) is 0 Å². The molecule has 0 bridgehead atoms. The second kappa shape index (κ2) is 30.8. The first-order chi connectivity index (χ1) is 31.6. The van der Waals surface area contributed by atoms with E-state index in [1.807, 2.05) is 0 Å². The number of rotatable bonds is 34. The zero-order chi connectivity index (χ0) is 44.9. The molecule has 0 heterocycles. The van der Waals surface area contributed by atoms with E-state index < -0.39 is 0 Å². The van der Waals surface area contributed by atoms with Crippen LogP contribution in [0.25, 0.3) is 0 Å². The molecular weight excluding hydrogens is 773 g/mol. The number of nitrogens with zero attached hydrogens (tertiary/aromatic N) is 2. The fourth-order valence-electron chi connectivity index (χ4n) is 9.33. The number of aryl methyl sites for hydroxylation is 4. The Morgan fingerprint density at radius 2 is 0.359 bits per heavy atom. The maximum atomic E-state index is 2.45. The predicted molar refractivity (Wildman–Crippen MR) is 284 cm³/mol. The van der Waals surface area contributed by atoms with Gasteiger partial charge < -0.3 is 9.80 Å². The van der Waals surface area contributed by atoms with Crippen molar-refractivity contribution in [2.75, 3.05) is 9.80 Å². The van der Waals surface area contributed by atoms with Crippen LogP contribution in [0.3, 0.4) is 0 Å². The Hall–Kier alpha value is -4.30. The molecule has 0 saturated carbocycles.